The number of amides is 1. The number of nitrogens with one attached hydrogen (secondary N) is 1. The summed E-state index contributed by atoms with van der Waals surface area (Å²) in [4.78, 5) is 34.8. The van der Waals surface area contributed by atoms with E-state index in [9.17, 15) is 14.4 Å². The summed E-state index contributed by atoms with van der Waals surface area (Å²) in [7, 11) is 0. The van der Waals surface area contributed by atoms with Gasteiger partial charge in [-0.15, -0.1) is 0 Å². The first kappa shape index (κ1) is 19.2. The van der Waals surface area contributed by atoms with Crippen molar-refractivity contribution in [3.05, 3.63) is 35.9 Å². The van der Waals surface area contributed by atoms with Gasteiger partial charge in [0, 0.05) is 24.3 Å². The molecule has 1 atom stereocenters. The number of hydrogen-bond acceptors (Lipinski definition) is 6. The number of ether oxygens (including phenoxy) is 1. The molecule has 0 fully saturated rings. The maximum Gasteiger partial charge on any atom is 0.322 e. The largest absolute Gasteiger partial charge is 0.465 e. The van der Waals surface area contributed by atoms with E-state index in [0.29, 0.717) is 17.9 Å². The van der Waals surface area contributed by atoms with E-state index in [0.717, 1.165) is 11.8 Å². The van der Waals surface area contributed by atoms with Crippen molar-refractivity contribution in [1.29, 1.82) is 0 Å². The second-order valence-electron chi connectivity index (χ2n) is 4.75. The van der Waals surface area contributed by atoms with Gasteiger partial charge in [0.15, 0.2) is 0 Å². The average molecular weight is 338 g/mol. The Kier molecular flexibility index (Phi) is 9.01. The number of nitrogens with two attached hydrogens (primary N) is 1. The summed E-state index contributed by atoms with van der Waals surface area (Å²) >= 11 is 1.15. The second kappa shape index (κ2) is 10.8. The Morgan fingerprint density at radius 3 is 2.61 bits per heavy atom. The Labute approximate surface area is 140 Å². The normalized spacial score (nSPS) is 11.6. The van der Waals surface area contributed by atoms with E-state index < -0.39 is 12.0 Å². The summed E-state index contributed by atoms with van der Waals surface area (Å²) in [6.45, 7) is 2.36. The minimum Gasteiger partial charge on any atom is -0.465 e. The molecular formula is C16H22N2O4S. The number of benzene rings is 1. The molecule has 0 unspecified atom stereocenters. The summed E-state index contributed by atoms with van der Waals surface area (Å²) in [5, 5.41) is 2.67. The number of hydrogen-bond donors (Lipinski definition) is 2. The van der Waals surface area contributed by atoms with Gasteiger partial charge in [-0.3, -0.25) is 14.4 Å². The van der Waals surface area contributed by atoms with E-state index in [-0.39, 0.29) is 30.5 Å². The molecule has 23 heavy (non-hydrogen) atoms. The highest BCUT2D eigenvalue weighted by atomic mass is 32.2. The zero-order valence-corrected chi connectivity index (χ0v) is 13.9. The van der Waals surface area contributed by atoms with Crippen LogP contribution in [0.4, 0.5) is 0 Å². The average Bonchev–Trinajstić information content (AvgIpc) is 2.57. The Bertz CT molecular complexity index is 522. The second-order valence-corrected chi connectivity index (χ2v) is 5.82. The summed E-state index contributed by atoms with van der Waals surface area (Å²) in [6.07, 6.45) is 0.387. The molecule has 7 heteroatoms. The summed E-state index contributed by atoms with van der Waals surface area (Å²) in [6, 6.07) is 8.19. The van der Waals surface area contributed by atoms with Crippen LogP contribution in [0, 0.1) is 0 Å². The molecule has 1 aromatic carbocycles. The SMILES string of the molecule is CCOC(=O)[C@@H](N)CCC(=O)NCCSC(=O)c1ccccc1. The first-order valence-electron chi connectivity index (χ1n) is 7.45. The van der Waals surface area contributed by atoms with Gasteiger partial charge in [-0.1, -0.05) is 42.1 Å². The van der Waals surface area contributed by atoms with Crippen LogP contribution in [0.3, 0.4) is 0 Å². The minimum atomic E-state index is -0.783. The van der Waals surface area contributed by atoms with Crippen molar-refractivity contribution in [3.63, 3.8) is 0 Å². The molecule has 0 heterocycles. The molecule has 0 saturated carbocycles. The summed E-state index contributed by atoms with van der Waals surface area (Å²) in [5.74, 6) is -0.203. The van der Waals surface area contributed by atoms with Crippen molar-refractivity contribution >= 4 is 28.8 Å². The predicted molar refractivity (Wildman–Crippen MR) is 90.1 cm³/mol. The minimum absolute atomic E-state index is 0.0239. The van der Waals surface area contributed by atoms with Crippen LogP contribution in [-0.2, 0) is 14.3 Å². The van der Waals surface area contributed by atoms with E-state index in [4.69, 9.17) is 10.5 Å². The number of thioether (sulfide) groups is 1. The van der Waals surface area contributed by atoms with Crippen molar-refractivity contribution in [3.8, 4) is 0 Å². The fraction of sp³-hybridized carbons (Fsp3) is 0.438. The highest BCUT2D eigenvalue weighted by Gasteiger charge is 2.15. The van der Waals surface area contributed by atoms with Gasteiger partial charge in [-0.05, 0) is 13.3 Å². The monoisotopic (exact) mass is 338 g/mol. The molecule has 3 N–H and O–H groups in total. The molecule has 0 aliphatic heterocycles. The smallest absolute Gasteiger partial charge is 0.322 e. The zero-order valence-electron chi connectivity index (χ0n) is 13.1. The summed E-state index contributed by atoms with van der Waals surface area (Å²) < 4.78 is 4.77. The lowest BCUT2D eigenvalue weighted by atomic mass is 10.1. The molecule has 1 aromatic rings. The molecule has 0 saturated heterocycles. The lowest BCUT2D eigenvalue weighted by Gasteiger charge is -2.10. The van der Waals surface area contributed by atoms with E-state index in [2.05, 4.69) is 5.32 Å². The fourth-order valence-electron chi connectivity index (χ4n) is 1.73. The van der Waals surface area contributed by atoms with Crippen LogP contribution >= 0.6 is 11.8 Å². The van der Waals surface area contributed by atoms with E-state index >= 15 is 0 Å². The third-order valence-corrected chi connectivity index (χ3v) is 3.84. The van der Waals surface area contributed by atoms with Gasteiger partial charge in [-0.25, -0.2) is 0 Å². The van der Waals surface area contributed by atoms with Gasteiger partial charge in [0.25, 0.3) is 0 Å². The standard InChI is InChI=1S/C16H22N2O4S/c1-2-22-15(20)13(17)8-9-14(19)18-10-11-23-16(21)12-6-4-3-5-7-12/h3-7,13H,2,8-11,17H2,1H3,(H,18,19)/t13-/m0/s1. The van der Waals surface area contributed by atoms with Crippen LogP contribution < -0.4 is 11.1 Å². The van der Waals surface area contributed by atoms with Crippen molar-refractivity contribution in [2.45, 2.75) is 25.8 Å². The molecule has 0 aliphatic carbocycles. The van der Waals surface area contributed by atoms with E-state index in [1.165, 1.54) is 0 Å². The number of rotatable bonds is 9. The van der Waals surface area contributed by atoms with Crippen LogP contribution in [0.1, 0.15) is 30.1 Å². The van der Waals surface area contributed by atoms with Crippen LogP contribution in [-0.4, -0.2) is 41.9 Å². The Morgan fingerprint density at radius 1 is 1.26 bits per heavy atom. The zero-order chi connectivity index (χ0) is 17.1. The lowest BCUT2D eigenvalue weighted by Crippen LogP contribution is -2.34. The maximum atomic E-state index is 11.8. The van der Waals surface area contributed by atoms with Gasteiger partial charge in [0.05, 0.1) is 6.61 Å². The third-order valence-electron chi connectivity index (χ3n) is 2.94. The Morgan fingerprint density at radius 2 is 1.96 bits per heavy atom. The molecule has 126 valence electrons. The fourth-order valence-corrected chi connectivity index (χ4v) is 2.43. The van der Waals surface area contributed by atoms with Gasteiger partial charge in [-0.2, -0.15) is 0 Å². The molecule has 0 aromatic heterocycles. The van der Waals surface area contributed by atoms with Crippen molar-refractivity contribution < 1.29 is 19.1 Å². The first-order valence-corrected chi connectivity index (χ1v) is 8.44. The van der Waals surface area contributed by atoms with Crippen molar-refractivity contribution in [1.82, 2.24) is 5.32 Å². The molecule has 1 amide bonds. The van der Waals surface area contributed by atoms with Crippen LogP contribution in [0.15, 0.2) is 30.3 Å². The van der Waals surface area contributed by atoms with Crippen LogP contribution in [0.5, 0.6) is 0 Å². The molecule has 1 rings (SSSR count). The third kappa shape index (κ3) is 7.80. The van der Waals surface area contributed by atoms with Gasteiger partial charge < -0.3 is 15.8 Å². The Balaban J connectivity index is 2.15. The van der Waals surface area contributed by atoms with Gasteiger partial charge in [0.1, 0.15) is 6.04 Å². The number of carbonyl (C=O) groups is 3. The summed E-state index contributed by atoms with van der Waals surface area (Å²) in [5.41, 5.74) is 6.25. The molecule has 6 nitrogen and oxygen atoms in total. The molecular weight excluding hydrogens is 316 g/mol. The highest BCUT2D eigenvalue weighted by molar-refractivity contribution is 8.14. The highest BCUT2D eigenvalue weighted by Crippen LogP contribution is 2.11. The van der Waals surface area contributed by atoms with E-state index in [1.807, 2.05) is 18.2 Å². The predicted octanol–water partition coefficient (Wildman–Crippen LogP) is 1.35. The number of carbonyl (C=O) groups excluding carboxylic acids is 3. The maximum absolute atomic E-state index is 11.8. The van der Waals surface area contributed by atoms with Gasteiger partial charge in [0.2, 0.25) is 11.0 Å². The molecule has 0 spiro atoms. The van der Waals surface area contributed by atoms with Gasteiger partial charge >= 0.3 is 5.97 Å². The number of esters is 1. The molecule has 0 aliphatic rings. The van der Waals surface area contributed by atoms with E-state index in [1.54, 1.807) is 19.1 Å². The van der Waals surface area contributed by atoms with Crippen molar-refractivity contribution in [2.24, 2.45) is 5.73 Å². The topological polar surface area (TPSA) is 98.5 Å². The quantitative estimate of drug-likeness (QED) is 0.521. The van der Waals surface area contributed by atoms with Crippen molar-refractivity contribution in [2.75, 3.05) is 18.9 Å². The molecule has 0 radical (unpaired) electrons. The first-order chi connectivity index (χ1) is 11.0. The molecule has 0 bridgehead atoms. The van der Waals surface area contributed by atoms with Crippen LogP contribution in [0.2, 0.25) is 0 Å². The van der Waals surface area contributed by atoms with Crippen LogP contribution in [0.25, 0.3) is 0 Å². The Hall–Kier alpha value is -1.86. The lowest BCUT2D eigenvalue weighted by molar-refractivity contribution is -0.144.